The molecule has 2 amide bonds. The second kappa shape index (κ2) is 3.43. The van der Waals surface area contributed by atoms with Gasteiger partial charge in [0, 0.05) is 6.54 Å². The number of morpholine rings is 1. The first-order valence-corrected chi connectivity index (χ1v) is 4.42. The second-order valence-corrected chi connectivity index (χ2v) is 3.30. The third-order valence-electron chi connectivity index (χ3n) is 2.39. The van der Waals surface area contributed by atoms with Crippen LogP contribution in [0.25, 0.3) is 0 Å². The lowest BCUT2D eigenvalue weighted by atomic mass is 10.2. The van der Waals surface area contributed by atoms with Crippen molar-refractivity contribution in [3.8, 4) is 0 Å². The zero-order valence-electron chi connectivity index (χ0n) is 7.28. The van der Waals surface area contributed by atoms with Crippen molar-refractivity contribution in [1.29, 1.82) is 0 Å². The smallest absolute Gasteiger partial charge is 0.255 e. The van der Waals surface area contributed by atoms with Gasteiger partial charge in [0.05, 0.1) is 6.04 Å². The van der Waals surface area contributed by atoms with Crippen molar-refractivity contribution in [2.45, 2.75) is 12.5 Å². The van der Waals surface area contributed by atoms with Gasteiger partial charge in [-0.15, -0.1) is 0 Å². The molecule has 1 N–H and O–H groups in total. The average molecular weight is 184 g/mol. The van der Waals surface area contributed by atoms with Gasteiger partial charge < -0.3 is 10.1 Å². The third-order valence-corrected chi connectivity index (χ3v) is 2.39. The van der Waals surface area contributed by atoms with Gasteiger partial charge in [0.25, 0.3) is 11.8 Å². The van der Waals surface area contributed by atoms with Gasteiger partial charge in [-0.05, 0) is 13.0 Å². The molecule has 5 heteroatoms. The van der Waals surface area contributed by atoms with Crippen LogP contribution in [0, 0.1) is 0 Å². The zero-order chi connectivity index (χ0) is 9.26. The van der Waals surface area contributed by atoms with Gasteiger partial charge >= 0.3 is 0 Å². The molecule has 2 saturated heterocycles. The van der Waals surface area contributed by atoms with Gasteiger partial charge in [0.1, 0.15) is 13.2 Å². The van der Waals surface area contributed by atoms with E-state index in [9.17, 15) is 9.59 Å². The topological polar surface area (TPSA) is 58.6 Å². The third kappa shape index (κ3) is 1.57. The van der Waals surface area contributed by atoms with Crippen molar-refractivity contribution in [2.24, 2.45) is 0 Å². The summed E-state index contributed by atoms with van der Waals surface area (Å²) >= 11 is 0. The summed E-state index contributed by atoms with van der Waals surface area (Å²) in [6.07, 6.45) is 0.859. The van der Waals surface area contributed by atoms with Crippen LogP contribution in [-0.2, 0) is 14.3 Å². The number of amides is 2. The van der Waals surface area contributed by atoms with E-state index in [0.717, 1.165) is 19.5 Å². The Bertz CT molecular complexity index is 220. The first-order chi connectivity index (χ1) is 6.29. The van der Waals surface area contributed by atoms with E-state index < -0.39 is 0 Å². The van der Waals surface area contributed by atoms with Crippen LogP contribution in [-0.4, -0.2) is 49.1 Å². The van der Waals surface area contributed by atoms with E-state index in [2.05, 4.69) is 5.32 Å². The van der Waals surface area contributed by atoms with Crippen LogP contribution in [0.4, 0.5) is 0 Å². The van der Waals surface area contributed by atoms with Crippen molar-refractivity contribution in [3.63, 3.8) is 0 Å². The monoisotopic (exact) mass is 184 g/mol. The molecule has 0 saturated carbocycles. The quantitative estimate of drug-likeness (QED) is 0.516. The summed E-state index contributed by atoms with van der Waals surface area (Å²) in [6, 6.07) is 0.0453. The van der Waals surface area contributed by atoms with E-state index >= 15 is 0 Å². The molecule has 0 spiro atoms. The molecular weight excluding hydrogens is 172 g/mol. The molecule has 0 aromatic rings. The van der Waals surface area contributed by atoms with Gasteiger partial charge in [0.2, 0.25) is 0 Å². The molecule has 0 radical (unpaired) electrons. The Kier molecular flexibility index (Phi) is 2.28. The molecule has 2 heterocycles. The maximum Gasteiger partial charge on any atom is 0.255 e. The minimum absolute atomic E-state index is 0.0439. The van der Waals surface area contributed by atoms with Crippen LogP contribution in [0.1, 0.15) is 6.42 Å². The summed E-state index contributed by atoms with van der Waals surface area (Å²) in [5.41, 5.74) is 0. The molecule has 72 valence electrons. The Morgan fingerprint density at radius 2 is 2.00 bits per heavy atom. The molecule has 0 aliphatic carbocycles. The van der Waals surface area contributed by atoms with Gasteiger partial charge in [-0.3, -0.25) is 14.5 Å². The van der Waals surface area contributed by atoms with E-state index in [1.54, 1.807) is 0 Å². The van der Waals surface area contributed by atoms with Crippen molar-refractivity contribution in [3.05, 3.63) is 0 Å². The molecule has 0 aromatic carbocycles. The fraction of sp³-hybridized carbons (Fsp3) is 0.750. The van der Waals surface area contributed by atoms with E-state index in [-0.39, 0.29) is 31.1 Å². The van der Waals surface area contributed by atoms with E-state index in [0.29, 0.717) is 0 Å². The fourth-order valence-corrected chi connectivity index (χ4v) is 1.77. The number of imide groups is 1. The number of carbonyl (C=O) groups excluding carboxylic acids is 2. The molecule has 2 aliphatic rings. The normalized spacial score (nSPS) is 29.8. The largest absolute Gasteiger partial charge is 0.362 e. The summed E-state index contributed by atoms with van der Waals surface area (Å²) in [5, 5.41) is 3.12. The summed E-state index contributed by atoms with van der Waals surface area (Å²) in [6.45, 7) is 1.69. The van der Waals surface area contributed by atoms with Crippen molar-refractivity contribution in [1.82, 2.24) is 10.2 Å². The number of carbonyl (C=O) groups is 2. The lowest BCUT2D eigenvalue weighted by Crippen LogP contribution is -2.52. The van der Waals surface area contributed by atoms with Gasteiger partial charge in [-0.2, -0.15) is 0 Å². The summed E-state index contributed by atoms with van der Waals surface area (Å²) in [7, 11) is 0. The standard InChI is InChI=1S/C8H12N2O3/c11-7-4-13-5-8(12)10(7)6-1-2-9-3-6/h6,9H,1-5H2. The Labute approximate surface area is 76.0 Å². The molecule has 13 heavy (non-hydrogen) atoms. The first kappa shape index (κ1) is 8.65. The highest BCUT2D eigenvalue weighted by Crippen LogP contribution is 2.12. The molecule has 1 unspecified atom stereocenters. The molecule has 0 bridgehead atoms. The van der Waals surface area contributed by atoms with Crippen LogP contribution in [0.3, 0.4) is 0 Å². The van der Waals surface area contributed by atoms with Crippen LogP contribution in [0.2, 0.25) is 0 Å². The van der Waals surface area contributed by atoms with Gasteiger partial charge in [-0.25, -0.2) is 0 Å². The van der Waals surface area contributed by atoms with Crippen molar-refractivity contribution < 1.29 is 14.3 Å². The molecule has 0 aromatic heterocycles. The van der Waals surface area contributed by atoms with Crippen LogP contribution < -0.4 is 5.32 Å². The Hall–Kier alpha value is -0.940. The van der Waals surface area contributed by atoms with E-state index in [4.69, 9.17) is 4.74 Å². The Morgan fingerprint density at radius 3 is 2.54 bits per heavy atom. The van der Waals surface area contributed by atoms with E-state index in [1.165, 1.54) is 4.90 Å². The summed E-state index contributed by atoms with van der Waals surface area (Å²) in [5.74, 6) is -0.407. The Balaban J connectivity index is 2.08. The van der Waals surface area contributed by atoms with Crippen molar-refractivity contribution in [2.75, 3.05) is 26.3 Å². The van der Waals surface area contributed by atoms with Crippen molar-refractivity contribution >= 4 is 11.8 Å². The lowest BCUT2D eigenvalue weighted by Gasteiger charge is -2.29. The Morgan fingerprint density at radius 1 is 1.31 bits per heavy atom. The second-order valence-electron chi connectivity index (χ2n) is 3.30. The highest BCUT2D eigenvalue weighted by Gasteiger charge is 2.34. The predicted molar refractivity (Wildman–Crippen MR) is 43.9 cm³/mol. The first-order valence-electron chi connectivity index (χ1n) is 4.42. The maximum absolute atomic E-state index is 11.3. The maximum atomic E-state index is 11.3. The SMILES string of the molecule is O=C1COCC(=O)N1C1CCNC1. The molecule has 2 rings (SSSR count). The minimum atomic E-state index is -0.204. The fourth-order valence-electron chi connectivity index (χ4n) is 1.77. The van der Waals surface area contributed by atoms with Crippen LogP contribution in [0.15, 0.2) is 0 Å². The number of nitrogens with one attached hydrogen (secondary N) is 1. The average Bonchev–Trinajstić information content (AvgIpc) is 2.57. The van der Waals surface area contributed by atoms with Gasteiger partial charge in [0.15, 0.2) is 0 Å². The molecule has 1 atom stereocenters. The van der Waals surface area contributed by atoms with Crippen LogP contribution >= 0.6 is 0 Å². The molecule has 2 fully saturated rings. The number of nitrogens with zero attached hydrogens (tertiary/aromatic N) is 1. The number of hydrogen-bond donors (Lipinski definition) is 1. The van der Waals surface area contributed by atoms with Crippen LogP contribution in [0.5, 0.6) is 0 Å². The highest BCUT2D eigenvalue weighted by atomic mass is 16.5. The van der Waals surface area contributed by atoms with Gasteiger partial charge in [-0.1, -0.05) is 0 Å². The molecule has 2 aliphatic heterocycles. The number of hydrogen-bond acceptors (Lipinski definition) is 4. The number of rotatable bonds is 1. The zero-order valence-corrected chi connectivity index (χ0v) is 7.28. The minimum Gasteiger partial charge on any atom is -0.362 e. The predicted octanol–water partition coefficient (Wildman–Crippen LogP) is -1.27. The number of ether oxygens (including phenoxy) is 1. The summed E-state index contributed by atoms with van der Waals surface area (Å²) in [4.78, 5) is 24.0. The molecular formula is C8H12N2O3. The lowest BCUT2D eigenvalue weighted by molar-refractivity contribution is -0.161. The van der Waals surface area contributed by atoms with E-state index in [1.807, 2.05) is 0 Å². The summed E-state index contributed by atoms with van der Waals surface area (Å²) < 4.78 is 4.82. The highest BCUT2D eigenvalue weighted by molar-refractivity contribution is 5.98. The molecule has 5 nitrogen and oxygen atoms in total.